The van der Waals surface area contributed by atoms with Gasteiger partial charge in [-0.1, -0.05) is 19.9 Å². The average Bonchev–Trinajstić information content (AvgIpc) is 3.27. The second kappa shape index (κ2) is 5.90. The highest BCUT2D eigenvalue weighted by Gasteiger charge is 2.33. The number of carbonyl (C=O) groups excluding carboxylic acids is 1. The molecule has 3 aromatic heterocycles. The topological polar surface area (TPSA) is 73.9 Å². The molecular weight excluding hydrogens is 322 g/mol. The quantitative estimate of drug-likeness (QED) is 0.759. The van der Waals surface area contributed by atoms with Crippen molar-refractivity contribution in [2.75, 3.05) is 5.43 Å². The lowest BCUT2D eigenvalue weighted by Crippen LogP contribution is -2.41. The predicted octanol–water partition coefficient (Wildman–Crippen LogP) is 3.66. The van der Waals surface area contributed by atoms with E-state index in [9.17, 15) is 4.79 Å². The number of anilines is 1. The van der Waals surface area contributed by atoms with Crippen LogP contribution in [0.4, 0.5) is 5.82 Å². The third kappa shape index (κ3) is 2.54. The second-order valence-corrected chi connectivity index (χ2v) is 7.32. The maximum absolute atomic E-state index is 12.2. The molecule has 0 radical (unpaired) electrons. The lowest BCUT2D eigenvalue weighted by atomic mass is 10.0. The summed E-state index contributed by atoms with van der Waals surface area (Å²) in [5.41, 5.74) is 5.02. The monoisotopic (exact) mass is 341 g/mol. The number of nitrogens with one attached hydrogen (secondary N) is 2. The smallest absolute Gasteiger partial charge is 0.241 e. The van der Waals surface area contributed by atoms with Crippen molar-refractivity contribution in [1.29, 1.82) is 0 Å². The van der Waals surface area contributed by atoms with Crippen molar-refractivity contribution in [3.63, 3.8) is 0 Å². The van der Waals surface area contributed by atoms with Crippen LogP contribution in [0.2, 0.25) is 0 Å². The van der Waals surface area contributed by atoms with Crippen molar-refractivity contribution in [2.45, 2.75) is 32.7 Å². The van der Waals surface area contributed by atoms with Gasteiger partial charge in [-0.2, -0.15) is 0 Å². The van der Waals surface area contributed by atoms with Crippen LogP contribution in [0.5, 0.6) is 0 Å². The number of hydrogen-bond acceptors (Lipinski definition) is 5. The summed E-state index contributed by atoms with van der Waals surface area (Å²) < 4.78 is 0. The molecule has 1 saturated heterocycles. The molecule has 4 heterocycles. The van der Waals surface area contributed by atoms with E-state index in [1.807, 2.05) is 17.5 Å². The Hall–Kier alpha value is -2.41. The number of H-pyrrole nitrogens is 1. The largest absolute Gasteiger partial charge is 0.338 e. The fourth-order valence-corrected chi connectivity index (χ4v) is 3.89. The Balaban J connectivity index is 1.70. The Morgan fingerprint density at radius 3 is 3.04 bits per heavy atom. The maximum atomic E-state index is 12.2. The van der Waals surface area contributed by atoms with Crippen molar-refractivity contribution in [3.05, 3.63) is 29.9 Å². The first kappa shape index (κ1) is 15.1. The molecule has 0 spiro atoms. The fourth-order valence-electron chi connectivity index (χ4n) is 3.19. The lowest BCUT2D eigenvalue weighted by Gasteiger charge is -2.28. The van der Waals surface area contributed by atoms with E-state index in [1.165, 1.54) is 6.33 Å². The molecule has 2 N–H and O–H groups in total. The summed E-state index contributed by atoms with van der Waals surface area (Å²) in [5.74, 6) is 1.18. The molecule has 0 aromatic carbocycles. The average molecular weight is 341 g/mol. The molecule has 7 heteroatoms. The molecule has 24 heavy (non-hydrogen) atoms. The standard InChI is InChI=1S/C17H19N5OS/c1-10(2)13-5-6-15(23)22(13)21-17-11-8-12(14-4-3-7-24-14)20-16(11)18-9-19-17/h3-4,7-10,13H,5-6H2,1-2H3,(H2,18,19,20,21). The molecule has 6 nitrogen and oxygen atoms in total. The van der Waals surface area contributed by atoms with Gasteiger partial charge in [0.15, 0.2) is 5.82 Å². The molecule has 0 aliphatic carbocycles. The van der Waals surface area contributed by atoms with Gasteiger partial charge in [0.2, 0.25) is 5.91 Å². The minimum atomic E-state index is 0.120. The molecule has 0 saturated carbocycles. The molecular formula is C17H19N5OS. The molecule has 1 fully saturated rings. The summed E-state index contributed by atoms with van der Waals surface area (Å²) in [5, 5.41) is 4.68. The molecule has 1 aliphatic rings. The zero-order valence-corrected chi connectivity index (χ0v) is 14.4. The van der Waals surface area contributed by atoms with Gasteiger partial charge in [-0.25, -0.2) is 9.97 Å². The number of hydrogen-bond donors (Lipinski definition) is 2. The minimum Gasteiger partial charge on any atom is -0.338 e. The summed E-state index contributed by atoms with van der Waals surface area (Å²) in [4.78, 5) is 25.4. The van der Waals surface area contributed by atoms with Crippen LogP contribution in [-0.2, 0) is 4.79 Å². The van der Waals surface area contributed by atoms with Gasteiger partial charge in [-0.05, 0) is 29.9 Å². The van der Waals surface area contributed by atoms with Crippen LogP contribution in [0.15, 0.2) is 29.9 Å². The second-order valence-electron chi connectivity index (χ2n) is 6.37. The highest BCUT2D eigenvalue weighted by molar-refractivity contribution is 7.13. The summed E-state index contributed by atoms with van der Waals surface area (Å²) in [6.45, 7) is 4.28. The highest BCUT2D eigenvalue weighted by atomic mass is 32.1. The van der Waals surface area contributed by atoms with E-state index in [2.05, 4.69) is 40.3 Å². The van der Waals surface area contributed by atoms with E-state index < -0.39 is 0 Å². The molecule has 1 aliphatic heterocycles. The van der Waals surface area contributed by atoms with Crippen molar-refractivity contribution in [1.82, 2.24) is 20.0 Å². The fraction of sp³-hybridized carbons (Fsp3) is 0.353. The van der Waals surface area contributed by atoms with E-state index in [0.717, 1.165) is 28.0 Å². The summed E-state index contributed by atoms with van der Waals surface area (Å²) in [6.07, 6.45) is 2.98. The van der Waals surface area contributed by atoms with Gasteiger partial charge in [0, 0.05) is 6.42 Å². The normalized spacial score (nSPS) is 18.0. The molecule has 1 amide bonds. The van der Waals surface area contributed by atoms with Crippen LogP contribution in [0.3, 0.4) is 0 Å². The number of hydrazine groups is 1. The number of aromatic amines is 1. The number of carbonyl (C=O) groups is 1. The zero-order chi connectivity index (χ0) is 16.7. The van der Waals surface area contributed by atoms with E-state index in [0.29, 0.717) is 18.2 Å². The van der Waals surface area contributed by atoms with Gasteiger partial charge in [0.05, 0.1) is 22.0 Å². The van der Waals surface area contributed by atoms with Crippen molar-refractivity contribution < 1.29 is 4.79 Å². The van der Waals surface area contributed by atoms with Crippen molar-refractivity contribution in [2.24, 2.45) is 5.92 Å². The van der Waals surface area contributed by atoms with E-state index in [-0.39, 0.29) is 11.9 Å². The van der Waals surface area contributed by atoms with Crippen LogP contribution in [0.25, 0.3) is 21.6 Å². The number of aromatic nitrogens is 3. The third-order valence-corrected chi connectivity index (χ3v) is 5.37. The van der Waals surface area contributed by atoms with Gasteiger partial charge in [0.25, 0.3) is 0 Å². The summed E-state index contributed by atoms with van der Waals surface area (Å²) in [7, 11) is 0. The third-order valence-electron chi connectivity index (χ3n) is 4.46. The minimum absolute atomic E-state index is 0.120. The van der Waals surface area contributed by atoms with E-state index in [4.69, 9.17) is 0 Å². The number of fused-ring (bicyclic) bond motifs is 1. The molecule has 1 unspecified atom stereocenters. The van der Waals surface area contributed by atoms with Crippen LogP contribution in [-0.4, -0.2) is 31.9 Å². The maximum Gasteiger partial charge on any atom is 0.241 e. The Kier molecular flexibility index (Phi) is 3.72. The Bertz CT molecular complexity index is 870. The molecule has 1 atom stereocenters. The first-order valence-electron chi connectivity index (χ1n) is 8.10. The van der Waals surface area contributed by atoms with Crippen LogP contribution < -0.4 is 5.43 Å². The Morgan fingerprint density at radius 1 is 1.42 bits per heavy atom. The molecule has 4 rings (SSSR count). The van der Waals surface area contributed by atoms with E-state index >= 15 is 0 Å². The van der Waals surface area contributed by atoms with Gasteiger partial charge < -0.3 is 4.98 Å². The number of rotatable bonds is 4. The summed E-state index contributed by atoms with van der Waals surface area (Å²) in [6, 6.07) is 6.31. The number of thiophene rings is 1. The number of amides is 1. The van der Waals surface area contributed by atoms with Crippen molar-refractivity contribution >= 4 is 34.1 Å². The molecule has 3 aromatic rings. The van der Waals surface area contributed by atoms with Crippen LogP contribution >= 0.6 is 11.3 Å². The SMILES string of the molecule is CC(C)C1CCC(=O)N1Nc1ncnc2[nH]c(-c3cccs3)cc12. The predicted molar refractivity (Wildman–Crippen MR) is 95.5 cm³/mol. The van der Waals surface area contributed by atoms with Crippen LogP contribution in [0.1, 0.15) is 26.7 Å². The van der Waals surface area contributed by atoms with Crippen molar-refractivity contribution in [3.8, 4) is 10.6 Å². The molecule has 124 valence electrons. The van der Waals surface area contributed by atoms with Gasteiger partial charge >= 0.3 is 0 Å². The van der Waals surface area contributed by atoms with Crippen LogP contribution in [0, 0.1) is 5.92 Å². The molecule has 0 bridgehead atoms. The van der Waals surface area contributed by atoms with E-state index in [1.54, 1.807) is 16.3 Å². The summed E-state index contributed by atoms with van der Waals surface area (Å²) >= 11 is 1.67. The highest BCUT2D eigenvalue weighted by Crippen LogP contribution is 2.31. The lowest BCUT2D eigenvalue weighted by molar-refractivity contribution is -0.128. The Labute approximate surface area is 143 Å². The number of nitrogens with zero attached hydrogens (tertiary/aromatic N) is 3. The van der Waals surface area contributed by atoms with Gasteiger partial charge in [-0.3, -0.25) is 15.2 Å². The first-order valence-corrected chi connectivity index (χ1v) is 8.98. The Morgan fingerprint density at radius 2 is 2.29 bits per heavy atom. The first-order chi connectivity index (χ1) is 11.6. The van der Waals surface area contributed by atoms with Gasteiger partial charge in [-0.15, -0.1) is 11.3 Å². The zero-order valence-electron chi connectivity index (χ0n) is 13.6. The van der Waals surface area contributed by atoms with Gasteiger partial charge in [0.1, 0.15) is 12.0 Å².